The standard InChI is InChI=1S/C19H28BClN2O4/c1-12(2)10-18(20(26)27)22-19(25)7-6-17(24)16-8-9-23(16)15-5-4-13(3)11-14(15)21/h4-5,11-12,16,18,26-27H,6-10H2,1-3H3,(H,22,25). The first-order valence-electron chi connectivity index (χ1n) is 9.40. The number of hydrogen-bond acceptors (Lipinski definition) is 5. The molecule has 6 nitrogen and oxygen atoms in total. The first-order valence-corrected chi connectivity index (χ1v) is 9.77. The molecular weight excluding hydrogens is 366 g/mol. The molecule has 27 heavy (non-hydrogen) atoms. The highest BCUT2D eigenvalue weighted by Crippen LogP contribution is 2.34. The van der Waals surface area contributed by atoms with Gasteiger partial charge in [0.1, 0.15) is 0 Å². The van der Waals surface area contributed by atoms with Gasteiger partial charge in [0.2, 0.25) is 5.91 Å². The maximum atomic E-state index is 12.5. The predicted molar refractivity (Wildman–Crippen MR) is 108 cm³/mol. The van der Waals surface area contributed by atoms with E-state index in [-0.39, 0.29) is 36.5 Å². The molecular formula is C19H28BClN2O4. The number of anilines is 1. The maximum Gasteiger partial charge on any atom is 0.475 e. The van der Waals surface area contributed by atoms with Crippen LogP contribution in [-0.4, -0.2) is 47.4 Å². The third-order valence-electron chi connectivity index (χ3n) is 4.83. The minimum Gasteiger partial charge on any atom is -0.426 e. The zero-order chi connectivity index (χ0) is 20.1. The van der Waals surface area contributed by atoms with E-state index >= 15 is 0 Å². The summed E-state index contributed by atoms with van der Waals surface area (Å²) in [6.45, 7) is 6.60. The molecule has 148 valence electrons. The Morgan fingerprint density at radius 1 is 1.33 bits per heavy atom. The van der Waals surface area contributed by atoms with E-state index in [1.165, 1.54) is 0 Å². The number of amides is 1. The van der Waals surface area contributed by atoms with Crippen LogP contribution in [0.3, 0.4) is 0 Å². The summed E-state index contributed by atoms with van der Waals surface area (Å²) in [7, 11) is -1.61. The number of carbonyl (C=O) groups is 2. The Kier molecular flexibility index (Phi) is 7.71. The third-order valence-corrected chi connectivity index (χ3v) is 5.14. The molecule has 0 saturated carbocycles. The van der Waals surface area contributed by atoms with E-state index < -0.39 is 13.1 Å². The number of Topliss-reactive ketones (excluding diaryl/α,β-unsaturated/α-hetero) is 1. The molecule has 2 atom stereocenters. The van der Waals surface area contributed by atoms with Crippen molar-refractivity contribution >= 4 is 36.1 Å². The van der Waals surface area contributed by atoms with Crippen LogP contribution < -0.4 is 10.2 Å². The normalized spacial score (nSPS) is 17.4. The van der Waals surface area contributed by atoms with Gasteiger partial charge in [-0.2, -0.15) is 0 Å². The number of carbonyl (C=O) groups excluding carboxylic acids is 2. The number of ketones is 1. The average molecular weight is 395 g/mol. The second kappa shape index (κ2) is 9.58. The van der Waals surface area contributed by atoms with Crippen molar-refractivity contribution < 1.29 is 19.6 Å². The van der Waals surface area contributed by atoms with Crippen molar-refractivity contribution in [2.24, 2.45) is 5.92 Å². The molecule has 1 aliphatic rings. The lowest BCUT2D eigenvalue weighted by Gasteiger charge is -2.42. The van der Waals surface area contributed by atoms with Crippen molar-refractivity contribution in [3.63, 3.8) is 0 Å². The average Bonchev–Trinajstić information content (AvgIpc) is 2.53. The van der Waals surface area contributed by atoms with Crippen molar-refractivity contribution in [3.05, 3.63) is 28.8 Å². The fourth-order valence-electron chi connectivity index (χ4n) is 3.30. The van der Waals surface area contributed by atoms with E-state index in [4.69, 9.17) is 11.6 Å². The third kappa shape index (κ3) is 5.96. The molecule has 1 aromatic rings. The number of halogens is 1. The van der Waals surface area contributed by atoms with Crippen molar-refractivity contribution in [2.75, 3.05) is 11.4 Å². The SMILES string of the molecule is Cc1ccc(N2CCC2C(=O)CCC(=O)NC(CC(C)C)B(O)O)c(Cl)c1. The van der Waals surface area contributed by atoms with Crippen LogP contribution in [0.1, 0.15) is 45.1 Å². The van der Waals surface area contributed by atoms with Crippen LogP contribution in [0.4, 0.5) is 5.69 Å². The minimum atomic E-state index is -1.61. The second-order valence-corrected chi connectivity index (χ2v) is 8.04. The summed E-state index contributed by atoms with van der Waals surface area (Å²) in [5.74, 6) is -0.861. The molecule has 0 aliphatic carbocycles. The fourth-order valence-corrected chi connectivity index (χ4v) is 3.64. The lowest BCUT2D eigenvalue weighted by Crippen LogP contribution is -2.53. The zero-order valence-electron chi connectivity index (χ0n) is 16.1. The van der Waals surface area contributed by atoms with Gasteiger partial charge in [-0.05, 0) is 43.4 Å². The number of nitrogens with one attached hydrogen (secondary N) is 1. The van der Waals surface area contributed by atoms with Crippen LogP contribution in [-0.2, 0) is 9.59 Å². The second-order valence-electron chi connectivity index (χ2n) is 7.64. The van der Waals surface area contributed by atoms with Gasteiger partial charge in [-0.3, -0.25) is 9.59 Å². The molecule has 0 spiro atoms. The molecule has 8 heteroatoms. The summed E-state index contributed by atoms with van der Waals surface area (Å²) in [6.07, 6.45) is 1.36. The first kappa shape index (κ1) is 21.7. The van der Waals surface area contributed by atoms with Gasteiger partial charge in [0.25, 0.3) is 0 Å². The van der Waals surface area contributed by atoms with Crippen LogP contribution in [0.25, 0.3) is 0 Å². The van der Waals surface area contributed by atoms with E-state index in [2.05, 4.69) is 5.32 Å². The van der Waals surface area contributed by atoms with E-state index in [0.717, 1.165) is 24.2 Å². The van der Waals surface area contributed by atoms with Crippen molar-refractivity contribution in [1.29, 1.82) is 0 Å². The van der Waals surface area contributed by atoms with Gasteiger partial charge in [-0.15, -0.1) is 0 Å². The van der Waals surface area contributed by atoms with Gasteiger partial charge in [0.05, 0.1) is 22.7 Å². The summed E-state index contributed by atoms with van der Waals surface area (Å²) in [5, 5.41) is 22.0. The first-order chi connectivity index (χ1) is 12.7. The van der Waals surface area contributed by atoms with Crippen molar-refractivity contribution in [2.45, 2.75) is 58.4 Å². The molecule has 0 aromatic heterocycles. The number of benzene rings is 1. The largest absolute Gasteiger partial charge is 0.475 e. The van der Waals surface area contributed by atoms with Gasteiger partial charge in [0.15, 0.2) is 5.78 Å². The number of aryl methyl sites for hydroxylation is 1. The smallest absolute Gasteiger partial charge is 0.426 e. The molecule has 1 aromatic carbocycles. The molecule has 3 N–H and O–H groups in total. The maximum absolute atomic E-state index is 12.5. The van der Waals surface area contributed by atoms with Gasteiger partial charge >= 0.3 is 7.12 Å². The Bertz CT molecular complexity index is 684. The predicted octanol–water partition coefficient (Wildman–Crippen LogP) is 2.12. The molecule has 0 bridgehead atoms. The van der Waals surface area contributed by atoms with Crippen molar-refractivity contribution in [3.8, 4) is 0 Å². The van der Waals surface area contributed by atoms with Gasteiger partial charge < -0.3 is 20.3 Å². The molecule has 2 rings (SSSR count). The number of rotatable bonds is 9. The molecule has 2 unspecified atom stereocenters. The topological polar surface area (TPSA) is 89.9 Å². The number of nitrogens with zero attached hydrogens (tertiary/aromatic N) is 1. The Hall–Kier alpha value is -1.57. The zero-order valence-corrected chi connectivity index (χ0v) is 16.9. The Morgan fingerprint density at radius 3 is 2.56 bits per heavy atom. The molecule has 1 heterocycles. The summed E-state index contributed by atoms with van der Waals surface area (Å²) in [4.78, 5) is 26.6. The molecule has 1 fully saturated rings. The lowest BCUT2D eigenvalue weighted by molar-refractivity contribution is -0.126. The van der Waals surface area contributed by atoms with Gasteiger partial charge in [-0.1, -0.05) is 31.5 Å². The molecule has 1 aliphatic heterocycles. The van der Waals surface area contributed by atoms with Gasteiger partial charge in [-0.25, -0.2) is 0 Å². The fraction of sp³-hybridized carbons (Fsp3) is 0.579. The van der Waals surface area contributed by atoms with Crippen LogP contribution in [0, 0.1) is 12.8 Å². The van der Waals surface area contributed by atoms with Crippen LogP contribution >= 0.6 is 11.6 Å². The molecule has 0 radical (unpaired) electrons. The van der Waals surface area contributed by atoms with Crippen molar-refractivity contribution in [1.82, 2.24) is 5.32 Å². The van der Waals surface area contributed by atoms with Crippen LogP contribution in [0.15, 0.2) is 18.2 Å². The Balaban J connectivity index is 1.87. The highest BCUT2D eigenvalue weighted by atomic mass is 35.5. The Morgan fingerprint density at radius 2 is 2.04 bits per heavy atom. The van der Waals surface area contributed by atoms with Crippen LogP contribution in [0.2, 0.25) is 5.02 Å². The molecule has 1 saturated heterocycles. The monoisotopic (exact) mass is 394 g/mol. The van der Waals surface area contributed by atoms with E-state index in [1.54, 1.807) is 0 Å². The molecule has 1 amide bonds. The Labute approximate surface area is 166 Å². The summed E-state index contributed by atoms with van der Waals surface area (Å²) in [6, 6.07) is 5.50. The van der Waals surface area contributed by atoms with E-state index in [9.17, 15) is 19.6 Å². The van der Waals surface area contributed by atoms with E-state index in [1.807, 2.05) is 43.9 Å². The van der Waals surface area contributed by atoms with E-state index in [0.29, 0.717) is 11.4 Å². The highest BCUT2D eigenvalue weighted by molar-refractivity contribution is 6.43. The summed E-state index contributed by atoms with van der Waals surface area (Å²) < 4.78 is 0. The number of hydrogen-bond donors (Lipinski definition) is 3. The lowest BCUT2D eigenvalue weighted by atomic mass is 9.75. The summed E-state index contributed by atoms with van der Waals surface area (Å²) >= 11 is 6.30. The highest BCUT2D eigenvalue weighted by Gasteiger charge is 2.35. The quantitative estimate of drug-likeness (QED) is 0.558. The summed E-state index contributed by atoms with van der Waals surface area (Å²) in [5.41, 5.74) is 1.91. The minimum absolute atomic E-state index is 0.00185. The van der Waals surface area contributed by atoms with Crippen LogP contribution in [0.5, 0.6) is 0 Å². The van der Waals surface area contributed by atoms with Gasteiger partial charge in [0, 0.05) is 19.4 Å².